The van der Waals surface area contributed by atoms with Crippen molar-refractivity contribution >= 4 is 5.69 Å². The first-order chi connectivity index (χ1) is 13.6. The van der Waals surface area contributed by atoms with Crippen molar-refractivity contribution in [1.82, 2.24) is 15.1 Å². The van der Waals surface area contributed by atoms with Gasteiger partial charge in [0, 0.05) is 30.4 Å². The Bertz CT molecular complexity index is 935. The minimum atomic E-state index is -2.91. The molecule has 0 saturated heterocycles. The van der Waals surface area contributed by atoms with E-state index in [1.165, 1.54) is 11.6 Å². The molecule has 7 heteroatoms. The molecule has 2 heterocycles. The number of nitrogens with zero attached hydrogens (tertiary/aromatic N) is 3. The third-order valence-electron chi connectivity index (χ3n) is 4.87. The summed E-state index contributed by atoms with van der Waals surface area (Å²) in [4.78, 5) is 2.31. The van der Waals surface area contributed by atoms with Gasteiger partial charge < -0.3 is 10.1 Å². The van der Waals surface area contributed by atoms with Gasteiger partial charge in [-0.15, -0.1) is 10.2 Å². The van der Waals surface area contributed by atoms with Crippen molar-refractivity contribution in [3.8, 4) is 17.1 Å². The number of rotatable bonds is 4. The molecule has 0 aliphatic carbocycles. The summed E-state index contributed by atoms with van der Waals surface area (Å²) in [5, 5.41) is 11.3. The Morgan fingerprint density at radius 2 is 1.89 bits per heavy atom. The molecule has 4 rings (SSSR count). The molecule has 0 amide bonds. The van der Waals surface area contributed by atoms with E-state index in [2.05, 4.69) is 62.5 Å². The van der Waals surface area contributed by atoms with Crippen LogP contribution in [0.3, 0.4) is 0 Å². The van der Waals surface area contributed by atoms with E-state index in [1.807, 2.05) is 18.2 Å². The maximum atomic E-state index is 12.3. The van der Waals surface area contributed by atoms with E-state index in [-0.39, 0.29) is 11.9 Å². The zero-order valence-corrected chi connectivity index (χ0v) is 15.3. The number of alkyl halides is 2. The van der Waals surface area contributed by atoms with Gasteiger partial charge in [-0.05, 0) is 36.4 Å². The SMILES string of the molecule is CN1Cc2cc(-c3ccc(OC(F)F)nn3)ccc2NCC1c1ccccc1. The zero-order valence-electron chi connectivity index (χ0n) is 15.3. The van der Waals surface area contributed by atoms with Crippen molar-refractivity contribution in [2.24, 2.45) is 0 Å². The molecule has 0 saturated carbocycles. The molecule has 0 spiro atoms. The number of halogens is 2. The van der Waals surface area contributed by atoms with Gasteiger partial charge in [-0.3, -0.25) is 4.90 Å². The first kappa shape index (κ1) is 18.3. The largest absolute Gasteiger partial charge is 0.415 e. The van der Waals surface area contributed by atoms with Gasteiger partial charge in [-0.25, -0.2) is 0 Å². The van der Waals surface area contributed by atoms with Crippen LogP contribution < -0.4 is 10.1 Å². The number of nitrogens with one attached hydrogen (secondary N) is 1. The average molecular weight is 382 g/mol. The topological polar surface area (TPSA) is 50.3 Å². The van der Waals surface area contributed by atoms with Gasteiger partial charge in [-0.1, -0.05) is 36.4 Å². The van der Waals surface area contributed by atoms with Gasteiger partial charge >= 0.3 is 6.61 Å². The highest BCUT2D eigenvalue weighted by molar-refractivity contribution is 5.66. The molecule has 1 atom stereocenters. The summed E-state index contributed by atoms with van der Waals surface area (Å²) in [6.07, 6.45) is 0. The third-order valence-corrected chi connectivity index (χ3v) is 4.87. The number of ether oxygens (including phenoxy) is 1. The van der Waals surface area contributed by atoms with Crippen molar-refractivity contribution in [2.75, 3.05) is 18.9 Å². The van der Waals surface area contributed by atoms with Crippen molar-refractivity contribution in [3.63, 3.8) is 0 Å². The lowest BCUT2D eigenvalue weighted by atomic mass is 10.0. The first-order valence-corrected chi connectivity index (χ1v) is 9.01. The Kier molecular flexibility index (Phi) is 5.16. The van der Waals surface area contributed by atoms with Crippen LogP contribution >= 0.6 is 0 Å². The van der Waals surface area contributed by atoms with Crippen LogP contribution in [0.2, 0.25) is 0 Å². The monoisotopic (exact) mass is 382 g/mol. The highest BCUT2D eigenvalue weighted by Gasteiger charge is 2.22. The van der Waals surface area contributed by atoms with Gasteiger partial charge in [0.15, 0.2) is 0 Å². The second kappa shape index (κ2) is 7.90. The highest BCUT2D eigenvalue weighted by Crippen LogP contribution is 2.31. The van der Waals surface area contributed by atoms with Gasteiger partial charge in [0.25, 0.3) is 0 Å². The summed E-state index contributed by atoms with van der Waals surface area (Å²) >= 11 is 0. The van der Waals surface area contributed by atoms with Crippen LogP contribution in [0.4, 0.5) is 14.5 Å². The molecule has 1 aromatic heterocycles. The second-order valence-corrected chi connectivity index (χ2v) is 6.73. The maximum absolute atomic E-state index is 12.3. The summed E-state index contributed by atoms with van der Waals surface area (Å²) in [5.41, 5.74) is 4.98. The molecule has 0 radical (unpaired) electrons. The normalized spacial score (nSPS) is 16.9. The lowest BCUT2D eigenvalue weighted by Gasteiger charge is -2.25. The molecule has 3 aromatic rings. The van der Waals surface area contributed by atoms with Crippen LogP contribution in [0, 0.1) is 0 Å². The fourth-order valence-electron chi connectivity index (χ4n) is 3.47. The van der Waals surface area contributed by atoms with Gasteiger partial charge in [0.1, 0.15) is 0 Å². The minimum absolute atomic E-state index is 0.194. The van der Waals surface area contributed by atoms with E-state index >= 15 is 0 Å². The number of benzene rings is 2. The number of hydrogen-bond acceptors (Lipinski definition) is 5. The van der Waals surface area contributed by atoms with Crippen molar-refractivity contribution in [2.45, 2.75) is 19.2 Å². The van der Waals surface area contributed by atoms with Crippen molar-refractivity contribution in [1.29, 1.82) is 0 Å². The Balaban J connectivity index is 1.57. The molecule has 0 fully saturated rings. The van der Waals surface area contributed by atoms with E-state index in [9.17, 15) is 8.78 Å². The van der Waals surface area contributed by atoms with Crippen LogP contribution in [0.5, 0.6) is 5.88 Å². The van der Waals surface area contributed by atoms with Gasteiger partial charge in [-0.2, -0.15) is 8.78 Å². The summed E-state index contributed by atoms with van der Waals surface area (Å²) in [7, 11) is 2.11. The molecule has 2 aromatic carbocycles. The molecular formula is C21H20F2N4O. The third kappa shape index (κ3) is 3.94. The van der Waals surface area contributed by atoms with Gasteiger partial charge in [0.2, 0.25) is 5.88 Å². The number of anilines is 1. The number of hydrogen-bond donors (Lipinski definition) is 1. The fraction of sp³-hybridized carbons (Fsp3) is 0.238. The van der Waals surface area contributed by atoms with E-state index in [1.54, 1.807) is 6.07 Å². The Morgan fingerprint density at radius 3 is 2.61 bits per heavy atom. The van der Waals surface area contributed by atoms with E-state index in [4.69, 9.17) is 0 Å². The maximum Gasteiger partial charge on any atom is 0.388 e. The second-order valence-electron chi connectivity index (χ2n) is 6.73. The van der Waals surface area contributed by atoms with Crippen LogP contribution in [-0.2, 0) is 6.54 Å². The molecular weight excluding hydrogens is 362 g/mol. The molecule has 28 heavy (non-hydrogen) atoms. The Morgan fingerprint density at radius 1 is 1.07 bits per heavy atom. The van der Waals surface area contributed by atoms with Crippen molar-refractivity contribution < 1.29 is 13.5 Å². The van der Waals surface area contributed by atoms with E-state index in [0.29, 0.717) is 5.69 Å². The molecule has 1 aliphatic rings. The van der Waals surface area contributed by atoms with Crippen LogP contribution in [-0.4, -0.2) is 35.3 Å². The lowest BCUT2D eigenvalue weighted by molar-refractivity contribution is -0.0534. The predicted molar refractivity (Wildman–Crippen MR) is 103 cm³/mol. The molecule has 1 N–H and O–H groups in total. The number of fused-ring (bicyclic) bond motifs is 1. The smallest absolute Gasteiger partial charge is 0.388 e. The number of aromatic nitrogens is 2. The molecule has 0 bridgehead atoms. The fourth-order valence-corrected chi connectivity index (χ4v) is 3.47. The van der Waals surface area contributed by atoms with E-state index < -0.39 is 6.61 Å². The van der Waals surface area contributed by atoms with Crippen LogP contribution in [0.15, 0.2) is 60.7 Å². The van der Waals surface area contributed by atoms with Gasteiger partial charge in [0.05, 0.1) is 11.7 Å². The molecule has 1 unspecified atom stereocenters. The zero-order chi connectivity index (χ0) is 19.5. The van der Waals surface area contributed by atoms with E-state index in [0.717, 1.165) is 29.9 Å². The molecule has 144 valence electrons. The minimum Gasteiger partial charge on any atom is -0.415 e. The van der Waals surface area contributed by atoms with Crippen LogP contribution in [0.25, 0.3) is 11.3 Å². The Hall–Kier alpha value is -3.06. The standard InChI is InChI=1S/C21H20F2N4O/c1-27-13-16-11-15(18-9-10-20(26-25-18)28-21(22)23)7-8-17(16)24-12-19(27)14-5-3-2-4-6-14/h2-11,19,21,24H,12-13H2,1H3. The quantitative estimate of drug-likeness (QED) is 0.727. The first-order valence-electron chi connectivity index (χ1n) is 9.01. The van der Waals surface area contributed by atoms with Crippen LogP contribution in [0.1, 0.15) is 17.2 Å². The molecule has 1 aliphatic heterocycles. The molecule has 5 nitrogen and oxygen atoms in total. The highest BCUT2D eigenvalue weighted by atomic mass is 19.3. The lowest BCUT2D eigenvalue weighted by Crippen LogP contribution is -2.26. The summed E-state index contributed by atoms with van der Waals surface area (Å²) < 4.78 is 28.8. The number of likely N-dealkylation sites (N-methyl/N-ethyl adjacent to an activating group) is 1. The average Bonchev–Trinajstić information content (AvgIpc) is 2.86. The Labute approximate surface area is 162 Å². The summed E-state index contributed by atoms with van der Waals surface area (Å²) in [6, 6.07) is 19.7. The van der Waals surface area contributed by atoms with Crippen molar-refractivity contribution in [3.05, 3.63) is 71.8 Å². The summed E-state index contributed by atoms with van der Waals surface area (Å²) in [5.74, 6) is -0.194. The summed E-state index contributed by atoms with van der Waals surface area (Å²) in [6.45, 7) is -1.32. The predicted octanol–water partition coefficient (Wildman–Crippen LogP) is 4.34.